The van der Waals surface area contributed by atoms with Crippen LogP contribution in [-0.2, 0) is 17.8 Å². The van der Waals surface area contributed by atoms with Crippen LogP contribution in [0.2, 0.25) is 0 Å². The molecule has 2 aromatic heterocycles. The van der Waals surface area contributed by atoms with Gasteiger partial charge in [-0.25, -0.2) is 4.98 Å². The van der Waals surface area contributed by atoms with Gasteiger partial charge in [-0.2, -0.15) is 0 Å². The molecule has 0 aliphatic carbocycles. The fourth-order valence-electron chi connectivity index (χ4n) is 2.12. The van der Waals surface area contributed by atoms with Crippen LogP contribution in [-0.4, -0.2) is 21.6 Å². The number of pyridine rings is 1. The largest absolute Gasteiger partial charge is 0.376 e. The molecule has 0 saturated heterocycles. The van der Waals surface area contributed by atoms with Gasteiger partial charge in [-0.3, -0.25) is 4.98 Å². The number of ether oxygens (including phenoxy) is 1. The van der Waals surface area contributed by atoms with Crippen LogP contribution in [0.1, 0.15) is 16.8 Å². The van der Waals surface area contributed by atoms with Crippen LogP contribution in [0.5, 0.6) is 0 Å². The topological polar surface area (TPSA) is 50.8 Å². The smallest absolute Gasteiger partial charge is 0.139 e. The third-order valence-electron chi connectivity index (χ3n) is 3.12. The molecule has 0 saturated carbocycles. The van der Waals surface area contributed by atoms with Crippen molar-refractivity contribution in [2.45, 2.75) is 20.0 Å². The van der Waals surface area contributed by atoms with Gasteiger partial charge in [0.05, 0.1) is 13.2 Å². The predicted octanol–water partition coefficient (Wildman–Crippen LogP) is 2.58. The summed E-state index contributed by atoms with van der Waals surface area (Å²) in [7, 11) is 0. The zero-order valence-corrected chi connectivity index (χ0v) is 10.9. The van der Waals surface area contributed by atoms with Crippen molar-refractivity contribution in [2.75, 3.05) is 6.61 Å². The molecular weight excluding hydrogens is 246 g/mol. The summed E-state index contributed by atoms with van der Waals surface area (Å²) >= 11 is 5.34. The van der Waals surface area contributed by atoms with E-state index in [1.54, 1.807) is 6.20 Å². The highest BCUT2D eigenvalue weighted by atomic mass is 32.1. The molecule has 3 heterocycles. The maximum Gasteiger partial charge on any atom is 0.139 e. The van der Waals surface area contributed by atoms with Gasteiger partial charge >= 0.3 is 0 Å². The molecule has 1 N–H and O–H groups in total. The van der Waals surface area contributed by atoms with E-state index in [1.807, 2.05) is 19.2 Å². The summed E-state index contributed by atoms with van der Waals surface area (Å²) in [6.45, 7) is 3.31. The number of nitrogens with zero attached hydrogens (tertiary/aromatic N) is 2. The number of rotatable bonds is 1. The van der Waals surface area contributed by atoms with E-state index in [2.05, 4.69) is 15.0 Å². The second-order valence-electron chi connectivity index (χ2n) is 4.34. The number of aromatic nitrogens is 3. The van der Waals surface area contributed by atoms with E-state index in [1.165, 1.54) is 0 Å². The van der Waals surface area contributed by atoms with Crippen molar-refractivity contribution in [3.8, 4) is 11.4 Å². The molecule has 0 unspecified atom stereocenters. The second-order valence-corrected chi connectivity index (χ2v) is 4.73. The minimum Gasteiger partial charge on any atom is -0.376 e. The number of aromatic amines is 1. The Labute approximate surface area is 110 Å². The van der Waals surface area contributed by atoms with Crippen molar-refractivity contribution in [1.82, 2.24) is 15.0 Å². The lowest BCUT2D eigenvalue weighted by Crippen LogP contribution is -2.14. The van der Waals surface area contributed by atoms with E-state index >= 15 is 0 Å². The summed E-state index contributed by atoms with van der Waals surface area (Å²) in [5, 5.41) is 0. The monoisotopic (exact) mass is 259 g/mol. The summed E-state index contributed by atoms with van der Waals surface area (Å²) in [5.74, 6) is 0.820. The third kappa shape index (κ3) is 1.95. The summed E-state index contributed by atoms with van der Waals surface area (Å²) in [6, 6.07) is 1.95. The molecule has 18 heavy (non-hydrogen) atoms. The average Bonchev–Trinajstić information content (AvgIpc) is 2.39. The first-order valence-corrected chi connectivity index (χ1v) is 6.27. The number of nitrogens with one attached hydrogen (secondary N) is 1. The molecule has 0 amide bonds. The lowest BCUT2D eigenvalue weighted by Gasteiger charge is -2.17. The molecule has 0 spiro atoms. The molecule has 1 aliphatic heterocycles. The number of aryl methyl sites for hydroxylation is 1. The van der Waals surface area contributed by atoms with Crippen molar-refractivity contribution in [3.63, 3.8) is 0 Å². The summed E-state index contributed by atoms with van der Waals surface area (Å²) < 4.78 is 6.04. The number of fused-ring (bicyclic) bond motifs is 1. The highest BCUT2D eigenvalue weighted by Crippen LogP contribution is 2.22. The molecule has 2 aromatic rings. The molecule has 0 radical (unpaired) electrons. The Balaban J connectivity index is 2.17. The second kappa shape index (κ2) is 4.59. The van der Waals surface area contributed by atoms with E-state index in [0.29, 0.717) is 11.2 Å². The van der Waals surface area contributed by atoms with Crippen LogP contribution in [0.3, 0.4) is 0 Å². The van der Waals surface area contributed by atoms with Crippen LogP contribution in [0.4, 0.5) is 0 Å². The molecule has 1 aliphatic rings. The summed E-state index contributed by atoms with van der Waals surface area (Å²) in [5.41, 5.74) is 4.30. The molecule has 0 atom stereocenters. The zero-order chi connectivity index (χ0) is 12.5. The molecule has 0 bridgehead atoms. The third-order valence-corrected chi connectivity index (χ3v) is 3.46. The van der Waals surface area contributed by atoms with Gasteiger partial charge < -0.3 is 9.72 Å². The fraction of sp³-hybridized carbons (Fsp3) is 0.308. The van der Waals surface area contributed by atoms with Gasteiger partial charge in [-0.1, -0.05) is 12.2 Å². The lowest BCUT2D eigenvalue weighted by molar-refractivity contribution is 0.108. The van der Waals surface area contributed by atoms with Crippen molar-refractivity contribution in [3.05, 3.63) is 39.9 Å². The highest BCUT2D eigenvalue weighted by Gasteiger charge is 2.14. The van der Waals surface area contributed by atoms with Crippen molar-refractivity contribution < 1.29 is 4.74 Å². The average molecular weight is 259 g/mol. The normalized spacial score (nSPS) is 14.3. The van der Waals surface area contributed by atoms with Gasteiger partial charge in [0.15, 0.2) is 0 Å². The summed E-state index contributed by atoms with van der Waals surface area (Å²) in [4.78, 5) is 11.9. The van der Waals surface area contributed by atoms with Crippen LogP contribution in [0, 0.1) is 11.6 Å². The van der Waals surface area contributed by atoms with Crippen LogP contribution < -0.4 is 0 Å². The maximum absolute atomic E-state index is 5.41. The van der Waals surface area contributed by atoms with E-state index in [4.69, 9.17) is 17.0 Å². The fourth-order valence-corrected chi connectivity index (χ4v) is 2.40. The van der Waals surface area contributed by atoms with Crippen LogP contribution in [0.15, 0.2) is 18.5 Å². The Hall–Kier alpha value is -1.59. The van der Waals surface area contributed by atoms with E-state index in [0.717, 1.165) is 41.2 Å². The summed E-state index contributed by atoms with van der Waals surface area (Å²) in [6.07, 6.45) is 4.46. The van der Waals surface area contributed by atoms with Crippen molar-refractivity contribution in [2.24, 2.45) is 0 Å². The van der Waals surface area contributed by atoms with Crippen LogP contribution in [0.25, 0.3) is 11.4 Å². The standard InChI is InChI=1S/C13H13N3OS/c1-8-6-14-4-2-9(8)12-15-11-3-5-17-7-10(11)13(18)16-12/h2,4,6H,3,5,7H2,1H3,(H,15,16,18). The molecule has 92 valence electrons. The predicted molar refractivity (Wildman–Crippen MR) is 70.7 cm³/mol. The van der Waals surface area contributed by atoms with Gasteiger partial charge in [-0.15, -0.1) is 0 Å². The highest BCUT2D eigenvalue weighted by molar-refractivity contribution is 7.71. The number of H-pyrrole nitrogens is 1. The lowest BCUT2D eigenvalue weighted by atomic mass is 10.1. The Morgan fingerprint density at radius 3 is 3.17 bits per heavy atom. The van der Waals surface area contributed by atoms with Crippen molar-refractivity contribution in [1.29, 1.82) is 0 Å². The molecule has 0 fully saturated rings. The van der Waals surface area contributed by atoms with Gasteiger partial charge in [0.1, 0.15) is 10.5 Å². The molecular formula is C13H13N3OS. The SMILES string of the molecule is Cc1cnccc1-c1nc(=S)c2c([nH]1)CCOC2. The first-order valence-electron chi connectivity index (χ1n) is 5.86. The van der Waals surface area contributed by atoms with Gasteiger partial charge in [0.25, 0.3) is 0 Å². The molecule has 3 rings (SSSR count). The minimum atomic E-state index is 0.563. The number of hydrogen-bond acceptors (Lipinski definition) is 4. The first-order chi connectivity index (χ1) is 8.75. The Kier molecular flexibility index (Phi) is 2.93. The molecule has 0 aromatic carbocycles. The van der Waals surface area contributed by atoms with E-state index in [9.17, 15) is 0 Å². The van der Waals surface area contributed by atoms with E-state index < -0.39 is 0 Å². The van der Waals surface area contributed by atoms with Gasteiger partial charge in [-0.05, 0) is 18.6 Å². The minimum absolute atomic E-state index is 0.563. The molecule has 5 heteroatoms. The first kappa shape index (κ1) is 11.5. The van der Waals surface area contributed by atoms with Crippen molar-refractivity contribution >= 4 is 12.2 Å². The Morgan fingerprint density at radius 2 is 2.33 bits per heavy atom. The number of hydrogen-bond donors (Lipinski definition) is 1. The zero-order valence-electron chi connectivity index (χ0n) is 10.1. The molecule has 4 nitrogen and oxygen atoms in total. The Bertz CT molecular complexity index is 651. The van der Waals surface area contributed by atoms with Gasteiger partial charge in [0, 0.05) is 35.6 Å². The van der Waals surface area contributed by atoms with Gasteiger partial charge in [0.2, 0.25) is 0 Å². The quantitative estimate of drug-likeness (QED) is 0.800. The van der Waals surface area contributed by atoms with Crippen LogP contribution >= 0.6 is 12.2 Å². The maximum atomic E-state index is 5.41. The van der Waals surface area contributed by atoms with E-state index in [-0.39, 0.29) is 0 Å². The Morgan fingerprint density at radius 1 is 1.44 bits per heavy atom.